The summed E-state index contributed by atoms with van der Waals surface area (Å²) in [7, 11) is 4.66. The lowest BCUT2D eigenvalue weighted by molar-refractivity contribution is -0.170. The van der Waals surface area contributed by atoms with Gasteiger partial charge in [0.1, 0.15) is 22.1 Å². The lowest BCUT2D eigenvalue weighted by atomic mass is 10.1. The van der Waals surface area contributed by atoms with Crippen LogP contribution in [0.15, 0.2) is 39.8 Å². The number of rotatable bonds is 11. The number of hydrogen-bond donors (Lipinski definition) is 3. The quantitative estimate of drug-likeness (QED) is 0.160. The zero-order chi connectivity index (χ0) is 29.4. The molecule has 224 valence electrons. The maximum Gasteiger partial charge on any atom is 0.393 e. The Morgan fingerprint density at radius 3 is 2.40 bits per heavy atom. The van der Waals surface area contributed by atoms with Crippen LogP contribution in [0.3, 0.4) is 0 Å². The third-order valence-electron chi connectivity index (χ3n) is 7.58. The monoisotopic (exact) mass is 604 g/mol. The summed E-state index contributed by atoms with van der Waals surface area (Å²) < 4.78 is 65.1. The van der Waals surface area contributed by atoms with E-state index in [1.54, 1.807) is 18.1 Å². The van der Waals surface area contributed by atoms with Crippen molar-refractivity contribution in [3.63, 3.8) is 0 Å². The summed E-state index contributed by atoms with van der Waals surface area (Å²) >= 11 is 1.23. The van der Waals surface area contributed by atoms with Crippen molar-refractivity contribution in [1.29, 1.82) is 0 Å². The maximum absolute atomic E-state index is 13.1. The molecule has 2 aromatic carbocycles. The molecule has 1 saturated carbocycles. The van der Waals surface area contributed by atoms with Gasteiger partial charge in [-0.15, -0.1) is 0 Å². The normalized spacial score (nSPS) is 17.5. The number of alkyl halides is 3. The summed E-state index contributed by atoms with van der Waals surface area (Å²) in [6, 6.07) is 9.27. The zero-order valence-electron chi connectivity index (χ0n) is 23.3. The van der Waals surface area contributed by atoms with E-state index in [0.717, 1.165) is 11.3 Å². The van der Waals surface area contributed by atoms with Crippen molar-refractivity contribution < 1.29 is 31.9 Å². The number of ether oxygens (including phenoxy) is 3. The molecule has 42 heavy (non-hydrogen) atoms. The minimum Gasteiger partial charge on any atom is -0.495 e. The average Bonchev–Trinajstić information content (AvgIpc) is 3.33. The number of nitrogens with one attached hydrogen (secondary N) is 3. The Morgan fingerprint density at radius 2 is 1.76 bits per heavy atom. The number of anilines is 3. The van der Waals surface area contributed by atoms with Gasteiger partial charge >= 0.3 is 6.18 Å². The zero-order valence-corrected chi connectivity index (χ0v) is 24.1. The smallest absolute Gasteiger partial charge is 0.393 e. The predicted molar refractivity (Wildman–Crippen MR) is 153 cm³/mol. The van der Waals surface area contributed by atoms with Crippen LogP contribution in [0, 0.1) is 5.92 Å². The number of fused-ring (bicyclic) bond motifs is 1. The van der Waals surface area contributed by atoms with E-state index in [9.17, 15) is 13.2 Å². The highest BCUT2D eigenvalue weighted by Gasteiger charge is 2.43. The lowest BCUT2D eigenvalue weighted by Crippen LogP contribution is -2.27. The van der Waals surface area contributed by atoms with Crippen LogP contribution < -0.4 is 24.2 Å². The van der Waals surface area contributed by atoms with Crippen LogP contribution in [-0.4, -0.2) is 60.8 Å². The van der Waals surface area contributed by atoms with Crippen molar-refractivity contribution in [1.82, 2.24) is 20.3 Å². The largest absolute Gasteiger partial charge is 0.495 e. The number of hydrogen-bond acceptors (Lipinski definition) is 10. The number of benzene rings is 2. The summed E-state index contributed by atoms with van der Waals surface area (Å²) in [5.41, 5.74) is 3.14. The molecule has 2 aromatic heterocycles. The highest BCUT2D eigenvalue weighted by molar-refractivity contribution is 8.00. The molecule has 0 radical (unpaired) electrons. The summed E-state index contributed by atoms with van der Waals surface area (Å²) in [5.74, 6) is 2.05. The fourth-order valence-corrected chi connectivity index (χ4v) is 6.01. The first-order valence-electron chi connectivity index (χ1n) is 13.5. The maximum atomic E-state index is 13.1. The van der Waals surface area contributed by atoms with Gasteiger partial charge in [-0.1, -0.05) is 5.16 Å². The molecular weight excluding hydrogens is 573 g/mol. The van der Waals surface area contributed by atoms with E-state index in [2.05, 4.69) is 25.4 Å². The van der Waals surface area contributed by atoms with E-state index in [0.29, 0.717) is 69.4 Å². The fourth-order valence-electron chi connectivity index (χ4n) is 5.17. The van der Waals surface area contributed by atoms with Gasteiger partial charge < -0.3 is 28.8 Å². The Morgan fingerprint density at radius 1 is 1.02 bits per heavy atom. The second kappa shape index (κ2) is 11.5. The Labute approximate surface area is 244 Å². The molecule has 1 aliphatic carbocycles. The molecule has 0 bridgehead atoms. The minimum atomic E-state index is -4.18. The highest BCUT2D eigenvalue weighted by atomic mass is 32.2. The molecule has 1 saturated heterocycles. The first-order chi connectivity index (χ1) is 20.2. The molecule has 0 spiro atoms. The van der Waals surface area contributed by atoms with Gasteiger partial charge in [0.15, 0.2) is 17.2 Å². The van der Waals surface area contributed by atoms with E-state index >= 15 is 0 Å². The third kappa shape index (κ3) is 5.91. The van der Waals surface area contributed by atoms with Crippen molar-refractivity contribution in [3.8, 4) is 17.2 Å². The predicted octanol–water partition coefficient (Wildman–Crippen LogP) is 6.70. The number of aromatic nitrogens is 3. The molecule has 1 atom stereocenters. The number of likely N-dealkylation sites (tertiary alicyclic amines) is 1. The van der Waals surface area contributed by atoms with Gasteiger partial charge in [0, 0.05) is 36.8 Å². The van der Waals surface area contributed by atoms with Gasteiger partial charge in [-0.3, -0.25) is 10.00 Å². The van der Waals surface area contributed by atoms with Crippen molar-refractivity contribution in [2.45, 2.75) is 42.8 Å². The van der Waals surface area contributed by atoms with Crippen LogP contribution in [0.1, 0.15) is 36.4 Å². The van der Waals surface area contributed by atoms with Crippen LogP contribution in [0.4, 0.5) is 30.5 Å². The van der Waals surface area contributed by atoms with E-state index < -0.39 is 12.1 Å². The molecule has 10 nitrogen and oxygen atoms in total. The van der Waals surface area contributed by atoms with Crippen LogP contribution in [0.5, 0.6) is 17.2 Å². The fraction of sp³-hybridized carbons (Fsp3) is 0.429. The number of halogens is 3. The molecular formula is C28H31F3N6O4S. The topological polar surface area (TPSA) is 110 Å². The van der Waals surface area contributed by atoms with Gasteiger partial charge in [-0.2, -0.15) is 18.3 Å². The van der Waals surface area contributed by atoms with E-state index in [-0.39, 0.29) is 13.0 Å². The molecule has 4 aromatic rings. The molecule has 14 heteroatoms. The van der Waals surface area contributed by atoms with Gasteiger partial charge in [0.25, 0.3) is 0 Å². The second-order valence-electron chi connectivity index (χ2n) is 10.5. The van der Waals surface area contributed by atoms with E-state index in [1.807, 2.05) is 24.3 Å². The Bertz CT molecular complexity index is 1550. The van der Waals surface area contributed by atoms with Crippen LogP contribution in [0.2, 0.25) is 0 Å². The molecule has 2 aliphatic rings. The average molecular weight is 605 g/mol. The second-order valence-corrected chi connectivity index (χ2v) is 11.3. The van der Waals surface area contributed by atoms with E-state index in [1.165, 1.54) is 39.0 Å². The standard InChI is InChI=1S/C28H31F3N6O4S/c1-38-22-10-18-21(11-20(22)32-25-12-19(33-34-25)16-4-5-16)41-35-27(18)36-42-26-23(39-2)8-15(9-24(26)40-3)13-37-7-6-17(14-37)28(29,30)31/h8-12,16-17H,4-7,13-14H2,1-3H3,(H,35,36)(H2,32,33,34). The van der Waals surface area contributed by atoms with Gasteiger partial charge in [-0.25, -0.2) is 0 Å². The Kier molecular flexibility index (Phi) is 7.75. The van der Waals surface area contributed by atoms with Crippen molar-refractivity contribution in [2.24, 2.45) is 5.92 Å². The number of methoxy groups -OCH3 is 3. The SMILES string of the molecule is COc1cc2c(NSc3c(OC)cc(CN4CCC(C(F)(F)F)C4)cc3OC)noc2cc1Nc1cc(C2CC2)[nH]n1. The summed E-state index contributed by atoms with van der Waals surface area (Å²) in [5, 5.41) is 15.6. The first kappa shape index (κ1) is 28.3. The molecule has 0 amide bonds. The highest BCUT2D eigenvalue weighted by Crippen LogP contribution is 2.43. The number of H-pyrrole nitrogens is 1. The minimum absolute atomic E-state index is 0.0185. The number of aromatic amines is 1. The van der Waals surface area contributed by atoms with E-state index in [4.69, 9.17) is 18.7 Å². The van der Waals surface area contributed by atoms with Gasteiger partial charge in [0.05, 0.1) is 38.3 Å². The molecule has 1 aliphatic heterocycles. The molecule has 3 heterocycles. The van der Waals surface area contributed by atoms with Crippen LogP contribution >= 0.6 is 11.9 Å². The molecule has 2 fully saturated rings. The Hall–Kier alpha value is -3.78. The summed E-state index contributed by atoms with van der Waals surface area (Å²) in [6.07, 6.45) is -1.72. The van der Waals surface area contributed by atoms with Crippen LogP contribution in [0.25, 0.3) is 11.0 Å². The van der Waals surface area contributed by atoms with Crippen molar-refractivity contribution in [2.75, 3.05) is 44.5 Å². The third-order valence-corrected chi connectivity index (χ3v) is 8.48. The Balaban J connectivity index is 1.18. The van der Waals surface area contributed by atoms with Crippen molar-refractivity contribution in [3.05, 3.63) is 41.6 Å². The summed E-state index contributed by atoms with van der Waals surface area (Å²) in [4.78, 5) is 2.46. The van der Waals surface area contributed by atoms with Gasteiger partial charge in [0.2, 0.25) is 0 Å². The lowest BCUT2D eigenvalue weighted by Gasteiger charge is -2.20. The number of nitrogens with zero attached hydrogens (tertiary/aromatic N) is 3. The summed E-state index contributed by atoms with van der Waals surface area (Å²) in [6.45, 7) is 0.729. The molecule has 1 unspecified atom stereocenters. The van der Waals surface area contributed by atoms with Crippen molar-refractivity contribution >= 4 is 40.2 Å². The van der Waals surface area contributed by atoms with Gasteiger partial charge in [-0.05, 0) is 61.5 Å². The first-order valence-corrected chi connectivity index (χ1v) is 14.3. The van der Waals surface area contributed by atoms with Crippen LogP contribution in [-0.2, 0) is 6.54 Å². The molecule has 3 N–H and O–H groups in total. The molecule has 6 rings (SSSR count).